The van der Waals surface area contributed by atoms with E-state index in [-0.39, 0.29) is 6.04 Å². The molecule has 0 aliphatic rings. The van der Waals surface area contributed by atoms with E-state index in [9.17, 15) is 0 Å². The SMILES string of the molecule is CCNC(C)c1c(OC)cccc1Sc1cccc(C)c1. The van der Waals surface area contributed by atoms with E-state index in [0.29, 0.717) is 0 Å². The first-order valence-electron chi connectivity index (χ1n) is 7.30. The van der Waals surface area contributed by atoms with Crippen molar-refractivity contribution in [2.24, 2.45) is 0 Å². The summed E-state index contributed by atoms with van der Waals surface area (Å²) in [5, 5.41) is 3.48. The predicted octanol–water partition coefficient (Wildman–Crippen LogP) is 4.83. The van der Waals surface area contributed by atoms with Crippen molar-refractivity contribution in [3.63, 3.8) is 0 Å². The average molecular weight is 301 g/mol. The summed E-state index contributed by atoms with van der Waals surface area (Å²) in [5.74, 6) is 0.945. The first-order chi connectivity index (χ1) is 10.2. The molecule has 0 heterocycles. The molecule has 0 aliphatic carbocycles. The van der Waals surface area contributed by atoms with Crippen molar-refractivity contribution in [2.75, 3.05) is 13.7 Å². The standard InChI is InChI=1S/C18H23NOS/c1-5-19-14(3)18-16(20-4)10-7-11-17(18)21-15-9-6-8-13(2)12-15/h6-12,14,19H,5H2,1-4H3. The Morgan fingerprint density at radius 3 is 2.62 bits per heavy atom. The van der Waals surface area contributed by atoms with Crippen LogP contribution < -0.4 is 10.1 Å². The first kappa shape index (κ1) is 15.9. The van der Waals surface area contributed by atoms with Gasteiger partial charge in [0.15, 0.2) is 0 Å². The summed E-state index contributed by atoms with van der Waals surface area (Å²) in [6.07, 6.45) is 0. The maximum Gasteiger partial charge on any atom is 0.124 e. The summed E-state index contributed by atoms with van der Waals surface area (Å²) in [6, 6.07) is 15.1. The van der Waals surface area contributed by atoms with Gasteiger partial charge >= 0.3 is 0 Å². The molecule has 0 spiro atoms. The second-order valence-electron chi connectivity index (χ2n) is 5.07. The Labute approximate surface area is 131 Å². The Bertz CT molecular complexity index is 598. The fourth-order valence-electron chi connectivity index (χ4n) is 2.43. The molecule has 0 radical (unpaired) electrons. The number of rotatable bonds is 6. The second-order valence-corrected chi connectivity index (χ2v) is 6.19. The van der Waals surface area contributed by atoms with Crippen molar-refractivity contribution in [3.05, 3.63) is 53.6 Å². The first-order valence-corrected chi connectivity index (χ1v) is 8.12. The molecule has 0 fully saturated rings. The van der Waals surface area contributed by atoms with Crippen LogP contribution in [0.4, 0.5) is 0 Å². The van der Waals surface area contributed by atoms with Crippen molar-refractivity contribution in [1.82, 2.24) is 5.32 Å². The van der Waals surface area contributed by atoms with E-state index < -0.39 is 0 Å². The number of hydrogen-bond donors (Lipinski definition) is 1. The Balaban J connectivity index is 2.38. The molecule has 2 rings (SSSR count). The lowest BCUT2D eigenvalue weighted by molar-refractivity contribution is 0.400. The fraction of sp³-hybridized carbons (Fsp3) is 0.333. The molecule has 0 saturated carbocycles. The van der Waals surface area contributed by atoms with E-state index in [2.05, 4.69) is 62.5 Å². The molecule has 1 unspecified atom stereocenters. The third-order valence-electron chi connectivity index (χ3n) is 3.41. The zero-order chi connectivity index (χ0) is 15.2. The minimum Gasteiger partial charge on any atom is -0.496 e. The van der Waals surface area contributed by atoms with Gasteiger partial charge in [-0.2, -0.15) is 0 Å². The highest BCUT2D eigenvalue weighted by Crippen LogP contribution is 2.38. The van der Waals surface area contributed by atoms with Crippen LogP contribution >= 0.6 is 11.8 Å². The molecule has 1 atom stereocenters. The number of ether oxygens (including phenoxy) is 1. The monoisotopic (exact) mass is 301 g/mol. The van der Waals surface area contributed by atoms with Gasteiger partial charge in [0.2, 0.25) is 0 Å². The van der Waals surface area contributed by atoms with Gasteiger partial charge in [-0.1, -0.05) is 42.4 Å². The van der Waals surface area contributed by atoms with E-state index in [1.807, 2.05) is 6.07 Å². The minimum absolute atomic E-state index is 0.262. The molecule has 112 valence electrons. The molecule has 0 bridgehead atoms. The van der Waals surface area contributed by atoms with E-state index in [4.69, 9.17) is 4.74 Å². The van der Waals surface area contributed by atoms with E-state index in [0.717, 1.165) is 12.3 Å². The lowest BCUT2D eigenvalue weighted by Crippen LogP contribution is -2.19. The molecule has 0 amide bonds. The number of aryl methyl sites for hydroxylation is 1. The average Bonchev–Trinajstić information content (AvgIpc) is 2.47. The summed E-state index contributed by atoms with van der Waals surface area (Å²) >= 11 is 1.79. The third kappa shape index (κ3) is 4.02. The van der Waals surface area contributed by atoms with Gasteiger partial charge in [-0.15, -0.1) is 0 Å². The van der Waals surface area contributed by atoms with Crippen LogP contribution in [0.1, 0.15) is 31.0 Å². The van der Waals surface area contributed by atoms with Crippen LogP contribution in [0, 0.1) is 6.92 Å². The van der Waals surface area contributed by atoms with Crippen molar-refractivity contribution in [1.29, 1.82) is 0 Å². The molecular formula is C18H23NOS. The van der Waals surface area contributed by atoms with Crippen LogP contribution in [0.5, 0.6) is 5.75 Å². The molecule has 3 heteroatoms. The van der Waals surface area contributed by atoms with Crippen LogP contribution in [0.2, 0.25) is 0 Å². The van der Waals surface area contributed by atoms with Gasteiger partial charge < -0.3 is 10.1 Å². The summed E-state index contributed by atoms with van der Waals surface area (Å²) < 4.78 is 5.56. The van der Waals surface area contributed by atoms with Gasteiger partial charge in [-0.3, -0.25) is 0 Å². The molecule has 2 aromatic rings. The Kier molecular flexibility index (Phi) is 5.71. The smallest absolute Gasteiger partial charge is 0.124 e. The van der Waals surface area contributed by atoms with Crippen LogP contribution in [-0.2, 0) is 0 Å². The summed E-state index contributed by atoms with van der Waals surface area (Å²) in [4.78, 5) is 2.50. The maximum absolute atomic E-state index is 5.56. The highest BCUT2D eigenvalue weighted by atomic mass is 32.2. The van der Waals surface area contributed by atoms with Gasteiger partial charge in [0.05, 0.1) is 7.11 Å². The normalized spacial score (nSPS) is 12.2. The lowest BCUT2D eigenvalue weighted by Gasteiger charge is -2.20. The molecule has 0 aliphatic heterocycles. The predicted molar refractivity (Wildman–Crippen MR) is 90.4 cm³/mol. The van der Waals surface area contributed by atoms with Crippen molar-refractivity contribution < 1.29 is 4.74 Å². The molecular weight excluding hydrogens is 278 g/mol. The van der Waals surface area contributed by atoms with Gasteiger partial charge in [0.1, 0.15) is 5.75 Å². The van der Waals surface area contributed by atoms with Gasteiger partial charge in [-0.05, 0) is 44.7 Å². The summed E-state index contributed by atoms with van der Waals surface area (Å²) in [5.41, 5.74) is 2.51. The van der Waals surface area contributed by atoms with Crippen LogP contribution in [0.15, 0.2) is 52.3 Å². The topological polar surface area (TPSA) is 21.3 Å². The quantitative estimate of drug-likeness (QED) is 0.826. The van der Waals surface area contributed by atoms with E-state index >= 15 is 0 Å². The highest BCUT2D eigenvalue weighted by Gasteiger charge is 2.16. The number of benzene rings is 2. The molecule has 0 saturated heterocycles. The van der Waals surface area contributed by atoms with Crippen LogP contribution in [0.3, 0.4) is 0 Å². The number of methoxy groups -OCH3 is 1. The third-order valence-corrected chi connectivity index (χ3v) is 4.47. The zero-order valence-electron chi connectivity index (χ0n) is 13.1. The van der Waals surface area contributed by atoms with Crippen molar-refractivity contribution >= 4 is 11.8 Å². The largest absolute Gasteiger partial charge is 0.496 e. The van der Waals surface area contributed by atoms with Crippen molar-refractivity contribution in [3.8, 4) is 5.75 Å². The lowest BCUT2D eigenvalue weighted by atomic mass is 10.1. The van der Waals surface area contributed by atoms with E-state index in [1.54, 1.807) is 18.9 Å². The summed E-state index contributed by atoms with van der Waals surface area (Å²) in [6.45, 7) is 7.37. The Hall–Kier alpha value is -1.45. The second kappa shape index (κ2) is 7.53. The number of nitrogens with one attached hydrogen (secondary N) is 1. The van der Waals surface area contributed by atoms with Gasteiger partial charge in [0.25, 0.3) is 0 Å². The number of hydrogen-bond acceptors (Lipinski definition) is 3. The van der Waals surface area contributed by atoms with Crippen LogP contribution in [-0.4, -0.2) is 13.7 Å². The van der Waals surface area contributed by atoms with Gasteiger partial charge in [-0.25, -0.2) is 0 Å². The molecule has 21 heavy (non-hydrogen) atoms. The molecule has 2 nitrogen and oxygen atoms in total. The Morgan fingerprint density at radius 2 is 1.95 bits per heavy atom. The van der Waals surface area contributed by atoms with Crippen LogP contribution in [0.25, 0.3) is 0 Å². The highest BCUT2D eigenvalue weighted by molar-refractivity contribution is 7.99. The fourth-order valence-corrected chi connectivity index (χ4v) is 3.61. The molecule has 1 N–H and O–H groups in total. The Morgan fingerprint density at radius 1 is 1.19 bits per heavy atom. The maximum atomic E-state index is 5.56. The molecule has 2 aromatic carbocycles. The van der Waals surface area contributed by atoms with E-state index in [1.165, 1.54) is 20.9 Å². The zero-order valence-corrected chi connectivity index (χ0v) is 14.0. The summed E-state index contributed by atoms with van der Waals surface area (Å²) in [7, 11) is 1.73. The van der Waals surface area contributed by atoms with Gasteiger partial charge in [0, 0.05) is 21.4 Å². The minimum atomic E-state index is 0.262. The molecule has 0 aromatic heterocycles. The van der Waals surface area contributed by atoms with Crippen molar-refractivity contribution in [2.45, 2.75) is 36.6 Å².